The predicted octanol–water partition coefficient (Wildman–Crippen LogP) is 4.26. The van der Waals surface area contributed by atoms with Crippen LogP contribution in [0.1, 0.15) is 29.3 Å². The highest BCUT2D eigenvalue weighted by Crippen LogP contribution is 2.22. The van der Waals surface area contributed by atoms with Crippen molar-refractivity contribution in [3.05, 3.63) is 59.4 Å². The van der Waals surface area contributed by atoms with E-state index in [0.717, 1.165) is 24.0 Å². The number of carbonyl (C=O) groups excluding carboxylic acids is 1. The van der Waals surface area contributed by atoms with Gasteiger partial charge in [0, 0.05) is 0 Å². The van der Waals surface area contributed by atoms with Crippen molar-refractivity contribution in [2.24, 2.45) is 0 Å². The number of halogens is 1. The van der Waals surface area contributed by atoms with E-state index in [9.17, 15) is 9.18 Å². The number of rotatable bonds is 4. The van der Waals surface area contributed by atoms with Crippen molar-refractivity contribution < 1.29 is 9.18 Å². The van der Waals surface area contributed by atoms with Gasteiger partial charge in [0.1, 0.15) is 5.82 Å². The third kappa shape index (κ3) is 2.65. The Balaban J connectivity index is 2.33. The second-order valence-corrected chi connectivity index (χ2v) is 4.30. The molecule has 0 aliphatic heterocycles. The van der Waals surface area contributed by atoms with Gasteiger partial charge in [-0.1, -0.05) is 43.7 Å². The molecular weight excluding hydrogens is 227 g/mol. The van der Waals surface area contributed by atoms with Gasteiger partial charge in [0.25, 0.3) is 0 Å². The quantitative estimate of drug-likeness (QED) is 0.732. The molecule has 0 aromatic heterocycles. The zero-order valence-corrected chi connectivity index (χ0v) is 10.3. The monoisotopic (exact) mass is 242 g/mol. The van der Waals surface area contributed by atoms with Crippen LogP contribution in [0.5, 0.6) is 0 Å². The first-order valence-corrected chi connectivity index (χ1v) is 6.08. The maximum absolute atomic E-state index is 13.2. The average molecular weight is 242 g/mol. The summed E-state index contributed by atoms with van der Waals surface area (Å²) < 4.78 is 13.2. The van der Waals surface area contributed by atoms with Crippen molar-refractivity contribution in [2.45, 2.75) is 19.8 Å². The molecule has 0 saturated carbocycles. The molecule has 0 radical (unpaired) electrons. The fraction of sp³-hybridized carbons (Fsp3) is 0.188. The van der Waals surface area contributed by atoms with E-state index in [0.29, 0.717) is 6.29 Å². The molecule has 0 heterocycles. The number of aldehydes is 1. The Kier molecular flexibility index (Phi) is 3.88. The molecule has 0 aliphatic rings. The Morgan fingerprint density at radius 1 is 1.06 bits per heavy atom. The summed E-state index contributed by atoms with van der Waals surface area (Å²) in [7, 11) is 0. The lowest BCUT2D eigenvalue weighted by Gasteiger charge is -2.05. The molecule has 0 spiro atoms. The van der Waals surface area contributed by atoms with Crippen LogP contribution in [0.15, 0.2) is 42.5 Å². The molecule has 0 atom stereocenters. The van der Waals surface area contributed by atoms with Crippen molar-refractivity contribution in [1.29, 1.82) is 0 Å². The smallest absolute Gasteiger partial charge is 0.153 e. The zero-order chi connectivity index (χ0) is 13.0. The first kappa shape index (κ1) is 12.5. The van der Waals surface area contributed by atoms with Crippen molar-refractivity contribution in [2.75, 3.05) is 0 Å². The van der Waals surface area contributed by atoms with E-state index < -0.39 is 5.82 Å². The Morgan fingerprint density at radius 3 is 2.33 bits per heavy atom. The van der Waals surface area contributed by atoms with Gasteiger partial charge in [-0.2, -0.15) is 0 Å². The van der Waals surface area contributed by atoms with E-state index in [1.165, 1.54) is 11.6 Å². The highest BCUT2D eigenvalue weighted by Gasteiger charge is 2.04. The van der Waals surface area contributed by atoms with Crippen LogP contribution in [0.2, 0.25) is 0 Å². The van der Waals surface area contributed by atoms with Crippen LogP contribution in [0.25, 0.3) is 11.1 Å². The topological polar surface area (TPSA) is 17.1 Å². The summed E-state index contributed by atoms with van der Waals surface area (Å²) in [5, 5.41) is 0. The summed E-state index contributed by atoms with van der Waals surface area (Å²) in [6, 6.07) is 12.8. The molecule has 1 nitrogen and oxygen atoms in total. The van der Waals surface area contributed by atoms with Gasteiger partial charge in [-0.15, -0.1) is 0 Å². The lowest BCUT2D eigenvalue weighted by Crippen LogP contribution is -1.89. The van der Waals surface area contributed by atoms with E-state index in [4.69, 9.17) is 0 Å². The molecule has 0 fully saturated rings. The summed E-state index contributed by atoms with van der Waals surface area (Å²) in [5.41, 5.74) is 3.25. The molecule has 2 rings (SSSR count). The predicted molar refractivity (Wildman–Crippen MR) is 71.2 cm³/mol. The standard InChI is InChI=1S/C16H15FO/c1-2-3-12-4-6-13(7-5-12)14-8-9-16(17)15(10-14)11-18/h4-11H,2-3H2,1H3. The van der Waals surface area contributed by atoms with Crippen molar-refractivity contribution in [3.8, 4) is 11.1 Å². The molecule has 2 aromatic carbocycles. The van der Waals surface area contributed by atoms with Crippen molar-refractivity contribution >= 4 is 6.29 Å². The third-order valence-electron chi connectivity index (χ3n) is 2.95. The van der Waals surface area contributed by atoms with Crippen molar-refractivity contribution in [3.63, 3.8) is 0 Å². The van der Waals surface area contributed by atoms with Crippen LogP contribution in [-0.4, -0.2) is 6.29 Å². The summed E-state index contributed by atoms with van der Waals surface area (Å²) >= 11 is 0. The molecule has 0 aliphatic carbocycles. The normalized spacial score (nSPS) is 10.3. The average Bonchev–Trinajstić information content (AvgIpc) is 2.41. The maximum Gasteiger partial charge on any atom is 0.153 e. The van der Waals surface area contributed by atoms with E-state index >= 15 is 0 Å². The number of hydrogen-bond donors (Lipinski definition) is 0. The second-order valence-electron chi connectivity index (χ2n) is 4.30. The highest BCUT2D eigenvalue weighted by molar-refractivity contribution is 5.79. The van der Waals surface area contributed by atoms with Gasteiger partial charge in [-0.3, -0.25) is 4.79 Å². The van der Waals surface area contributed by atoms with Gasteiger partial charge in [-0.25, -0.2) is 4.39 Å². The Morgan fingerprint density at radius 2 is 1.72 bits per heavy atom. The minimum absolute atomic E-state index is 0.102. The molecule has 0 N–H and O–H groups in total. The first-order chi connectivity index (χ1) is 8.74. The summed E-state index contributed by atoms with van der Waals surface area (Å²) in [5.74, 6) is -0.476. The molecule has 92 valence electrons. The first-order valence-electron chi connectivity index (χ1n) is 6.08. The van der Waals surface area contributed by atoms with Crippen LogP contribution in [0.3, 0.4) is 0 Å². The van der Waals surface area contributed by atoms with Crippen LogP contribution < -0.4 is 0 Å². The van der Waals surface area contributed by atoms with Crippen LogP contribution in [0, 0.1) is 5.82 Å². The Labute approximate surface area is 106 Å². The molecular formula is C16H15FO. The Hall–Kier alpha value is -1.96. The summed E-state index contributed by atoms with van der Waals surface area (Å²) in [4.78, 5) is 10.7. The minimum Gasteiger partial charge on any atom is -0.298 e. The van der Waals surface area contributed by atoms with Gasteiger partial charge in [-0.05, 0) is 35.2 Å². The number of aryl methyl sites for hydroxylation is 1. The highest BCUT2D eigenvalue weighted by atomic mass is 19.1. The minimum atomic E-state index is -0.476. The molecule has 0 amide bonds. The van der Waals surface area contributed by atoms with Gasteiger partial charge < -0.3 is 0 Å². The second kappa shape index (κ2) is 5.58. The Bertz CT molecular complexity index is 544. The molecule has 2 aromatic rings. The van der Waals surface area contributed by atoms with Crippen LogP contribution in [-0.2, 0) is 6.42 Å². The largest absolute Gasteiger partial charge is 0.298 e. The fourth-order valence-corrected chi connectivity index (χ4v) is 1.97. The lowest BCUT2D eigenvalue weighted by molar-refractivity contribution is 0.112. The van der Waals surface area contributed by atoms with Crippen molar-refractivity contribution in [1.82, 2.24) is 0 Å². The number of benzene rings is 2. The number of carbonyl (C=O) groups is 1. The SMILES string of the molecule is CCCc1ccc(-c2ccc(F)c(C=O)c2)cc1. The fourth-order valence-electron chi connectivity index (χ4n) is 1.97. The van der Waals surface area contributed by atoms with Gasteiger partial charge >= 0.3 is 0 Å². The van der Waals surface area contributed by atoms with E-state index in [2.05, 4.69) is 19.1 Å². The maximum atomic E-state index is 13.2. The van der Waals surface area contributed by atoms with Crippen LogP contribution >= 0.6 is 0 Å². The number of hydrogen-bond acceptors (Lipinski definition) is 1. The lowest BCUT2D eigenvalue weighted by atomic mass is 10.0. The summed E-state index contributed by atoms with van der Waals surface area (Å²) in [6.07, 6.45) is 2.72. The molecule has 2 heteroatoms. The van der Waals surface area contributed by atoms with E-state index in [-0.39, 0.29) is 5.56 Å². The molecule has 0 bridgehead atoms. The van der Waals surface area contributed by atoms with Gasteiger partial charge in [0.05, 0.1) is 5.56 Å². The zero-order valence-electron chi connectivity index (χ0n) is 10.3. The van der Waals surface area contributed by atoms with Gasteiger partial charge in [0.2, 0.25) is 0 Å². The molecule has 0 unspecified atom stereocenters. The summed E-state index contributed by atoms with van der Waals surface area (Å²) in [6.45, 7) is 2.14. The van der Waals surface area contributed by atoms with Crippen LogP contribution in [0.4, 0.5) is 4.39 Å². The molecule has 18 heavy (non-hydrogen) atoms. The molecule has 0 saturated heterocycles. The third-order valence-corrected chi connectivity index (χ3v) is 2.95. The van der Waals surface area contributed by atoms with E-state index in [1.807, 2.05) is 12.1 Å². The van der Waals surface area contributed by atoms with Gasteiger partial charge in [0.15, 0.2) is 6.29 Å². The van der Waals surface area contributed by atoms with E-state index in [1.54, 1.807) is 12.1 Å².